The molecule has 2 atom stereocenters. The van der Waals surface area contributed by atoms with Crippen LogP contribution in [0.25, 0.3) is 11.3 Å². The summed E-state index contributed by atoms with van der Waals surface area (Å²) in [5.74, 6) is -4.81. The van der Waals surface area contributed by atoms with Crippen molar-refractivity contribution in [1.29, 1.82) is 5.26 Å². The predicted molar refractivity (Wildman–Crippen MR) is 164 cm³/mol. The lowest BCUT2D eigenvalue weighted by molar-refractivity contribution is -0.127. The van der Waals surface area contributed by atoms with Crippen LogP contribution in [-0.4, -0.2) is 80.3 Å². The zero-order chi connectivity index (χ0) is 34.9. The van der Waals surface area contributed by atoms with Crippen LogP contribution < -0.4 is 20.8 Å². The number of carboxylic acid groups (broad SMARTS) is 1. The van der Waals surface area contributed by atoms with E-state index in [0.29, 0.717) is 6.42 Å². The summed E-state index contributed by atoms with van der Waals surface area (Å²) in [5, 5.41) is 32.6. The second kappa shape index (κ2) is 15.9. The number of rotatable bonds is 9. The van der Waals surface area contributed by atoms with E-state index in [1.807, 2.05) is 6.92 Å². The van der Waals surface area contributed by atoms with Crippen molar-refractivity contribution in [1.82, 2.24) is 25.3 Å². The van der Waals surface area contributed by atoms with Crippen LogP contribution in [0, 0.1) is 23.0 Å². The number of nitrogens with zero attached hydrogens (tertiary/aromatic N) is 4. The van der Waals surface area contributed by atoms with Crippen molar-refractivity contribution < 1.29 is 42.9 Å². The van der Waals surface area contributed by atoms with Gasteiger partial charge in [0.1, 0.15) is 6.07 Å². The van der Waals surface area contributed by atoms with E-state index >= 15 is 0 Å². The van der Waals surface area contributed by atoms with E-state index in [-0.39, 0.29) is 59.3 Å². The number of carbonyl (C=O) groups excluding carboxylic acids is 3. The number of nitrogens with one attached hydrogen (secondary N) is 3. The molecule has 0 aliphatic carbocycles. The van der Waals surface area contributed by atoms with Gasteiger partial charge in [-0.2, -0.15) is 9.65 Å². The summed E-state index contributed by atoms with van der Waals surface area (Å²) in [4.78, 5) is 51.3. The molecule has 5 N–H and O–H groups in total. The number of halogens is 3. The second-order valence-corrected chi connectivity index (χ2v) is 10.6. The maximum atomic E-state index is 14.8. The Hall–Kier alpha value is -5.11. The molecule has 1 fully saturated rings. The van der Waals surface area contributed by atoms with Crippen LogP contribution in [0.3, 0.4) is 0 Å². The number of imidazole rings is 1. The van der Waals surface area contributed by atoms with E-state index in [1.54, 1.807) is 13.0 Å². The fourth-order valence-electron chi connectivity index (χ4n) is 4.70. The van der Waals surface area contributed by atoms with Crippen molar-refractivity contribution in [2.75, 3.05) is 25.0 Å². The highest BCUT2D eigenvalue weighted by molar-refractivity contribution is 6.34. The van der Waals surface area contributed by atoms with Crippen LogP contribution in [0.1, 0.15) is 47.7 Å². The van der Waals surface area contributed by atoms with E-state index in [9.17, 15) is 28.3 Å². The van der Waals surface area contributed by atoms with Gasteiger partial charge in [-0.3, -0.25) is 29.6 Å². The largest absolute Gasteiger partial charge is 0.483 e. The Morgan fingerprint density at radius 3 is 2.57 bits per heavy atom. The molecule has 0 spiro atoms. The summed E-state index contributed by atoms with van der Waals surface area (Å²) in [5.41, 5.74) is 1.79. The van der Waals surface area contributed by atoms with E-state index in [4.69, 9.17) is 31.5 Å². The number of β-amino-alcohol motifs (C(OH)–C–C–N with tert-alkyl or cyclic N) is 1. The number of anilines is 1. The van der Waals surface area contributed by atoms with Gasteiger partial charge in [-0.1, -0.05) is 18.5 Å². The molecule has 250 valence electrons. The summed E-state index contributed by atoms with van der Waals surface area (Å²) in [7, 11) is 1.45. The van der Waals surface area contributed by atoms with Crippen LogP contribution in [0.15, 0.2) is 36.5 Å². The normalized spacial score (nSPS) is 16.7. The summed E-state index contributed by atoms with van der Waals surface area (Å²) < 4.78 is 35.4. The lowest BCUT2D eigenvalue weighted by Crippen LogP contribution is -2.51. The molecule has 3 aromatic rings. The standard InChI is InChI=1S/C29H30ClF2N7O5.CH2O2/c1-4-29(43)13-20(35-15-29)26(40)37-39(5-2)28(42)17-7-6-16(12-19(17)30)36-27(41)25-34-14-21(38(25)3)18-8-9-22(44-11-10-33)24(32)23(18)31;2-1-3/h6-9,12,14,20,35,43H,4-5,11,13,15H2,1-3H3,(H,36,41)(H,37,40);1H,(H,2,3)/t20-,29-;/m1./s1. The number of carbonyl (C=O) groups is 4. The van der Waals surface area contributed by atoms with E-state index in [2.05, 4.69) is 21.0 Å². The van der Waals surface area contributed by atoms with Crippen molar-refractivity contribution in [2.24, 2.45) is 7.05 Å². The molecule has 47 heavy (non-hydrogen) atoms. The number of aromatic nitrogens is 2. The highest BCUT2D eigenvalue weighted by Crippen LogP contribution is 2.30. The molecule has 2 heterocycles. The van der Waals surface area contributed by atoms with Gasteiger partial charge in [0.2, 0.25) is 5.82 Å². The number of nitriles is 1. The van der Waals surface area contributed by atoms with Crippen molar-refractivity contribution in [3.8, 4) is 23.1 Å². The van der Waals surface area contributed by atoms with E-state index in [1.165, 1.54) is 48.1 Å². The van der Waals surface area contributed by atoms with Gasteiger partial charge in [-0.25, -0.2) is 9.37 Å². The Morgan fingerprint density at radius 1 is 1.28 bits per heavy atom. The number of aliphatic hydroxyl groups is 1. The van der Waals surface area contributed by atoms with E-state index < -0.39 is 53.4 Å². The molecule has 17 heteroatoms. The summed E-state index contributed by atoms with van der Waals surface area (Å²) in [6, 6.07) is 7.59. The molecule has 4 rings (SSSR count). The zero-order valence-corrected chi connectivity index (χ0v) is 26.3. The summed E-state index contributed by atoms with van der Waals surface area (Å²) >= 11 is 6.38. The molecule has 14 nitrogen and oxygen atoms in total. The Labute approximate surface area is 272 Å². The highest BCUT2D eigenvalue weighted by Gasteiger charge is 2.39. The minimum Gasteiger partial charge on any atom is -0.483 e. The van der Waals surface area contributed by atoms with E-state index in [0.717, 1.165) is 5.01 Å². The first-order valence-electron chi connectivity index (χ1n) is 14.1. The summed E-state index contributed by atoms with van der Waals surface area (Å²) in [6.45, 7) is 3.19. The lowest BCUT2D eigenvalue weighted by atomic mass is 9.97. The molecule has 0 unspecified atom stereocenters. The fourth-order valence-corrected chi connectivity index (χ4v) is 4.96. The van der Waals surface area contributed by atoms with Gasteiger partial charge >= 0.3 is 0 Å². The first-order chi connectivity index (χ1) is 22.3. The fraction of sp³-hybridized carbons (Fsp3) is 0.333. The topological polar surface area (TPSA) is 199 Å². The third-order valence-electron chi connectivity index (χ3n) is 7.31. The first kappa shape index (κ1) is 36.4. The minimum atomic E-state index is -1.28. The maximum Gasteiger partial charge on any atom is 0.291 e. The Balaban J connectivity index is 0.00000192. The molecular formula is C30H32ClF2N7O7. The van der Waals surface area contributed by atoms with Gasteiger partial charge in [-0.05, 0) is 43.7 Å². The van der Waals surface area contributed by atoms with Crippen molar-refractivity contribution in [3.63, 3.8) is 0 Å². The molecule has 0 radical (unpaired) electrons. The van der Waals surface area contributed by atoms with Crippen LogP contribution in [-0.2, 0) is 16.6 Å². The SMILES string of the molecule is CCN(NC(=O)[C@H]1C[C@](O)(CC)CN1)C(=O)c1ccc(NC(=O)c2ncc(-c3ccc(OCC#N)c(F)c3F)n2C)cc1Cl.O=CO. The van der Waals surface area contributed by atoms with Gasteiger partial charge in [0.15, 0.2) is 24.0 Å². The Bertz CT molecular complexity index is 1700. The molecule has 0 saturated carbocycles. The Morgan fingerprint density at radius 2 is 1.98 bits per heavy atom. The van der Waals surface area contributed by atoms with Gasteiger partial charge in [0.25, 0.3) is 24.2 Å². The van der Waals surface area contributed by atoms with Gasteiger partial charge in [-0.15, -0.1) is 0 Å². The monoisotopic (exact) mass is 675 g/mol. The molecule has 0 bridgehead atoms. The quantitative estimate of drug-likeness (QED) is 0.166. The minimum absolute atomic E-state index is 0.00312. The molecule has 1 saturated heterocycles. The molecule has 1 aliphatic rings. The van der Waals surface area contributed by atoms with Crippen molar-refractivity contribution in [2.45, 2.75) is 38.3 Å². The number of hydrazine groups is 1. The first-order valence-corrected chi connectivity index (χ1v) is 14.5. The number of benzene rings is 2. The van der Waals surface area contributed by atoms with Crippen molar-refractivity contribution in [3.05, 3.63) is 64.6 Å². The molecule has 1 aromatic heterocycles. The van der Waals surface area contributed by atoms with Crippen molar-refractivity contribution >= 4 is 41.5 Å². The molecular weight excluding hydrogens is 644 g/mol. The average Bonchev–Trinajstić information content (AvgIpc) is 3.64. The second-order valence-electron chi connectivity index (χ2n) is 10.2. The highest BCUT2D eigenvalue weighted by atomic mass is 35.5. The van der Waals surface area contributed by atoms with Crippen LogP contribution >= 0.6 is 11.6 Å². The van der Waals surface area contributed by atoms with Gasteiger partial charge in [0.05, 0.1) is 34.1 Å². The molecule has 1 aliphatic heterocycles. The summed E-state index contributed by atoms with van der Waals surface area (Å²) in [6.07, 6.45) is 1.89. The number of hydrogen-bond acceptors (Lipinski definition) is 9. The lowest BCUT2D eigenvalue weighted by Gasteiger charge is -2.24. The number of ether oxygens (including phenoxy) is 1. The number of amides is 3. The van der Waals surface area contributed by atoms with Crippen LogP contribution in [0.4, 0.5) is 14.5 Å². The third-order valence-corrected chi connectivity index (χ3v) is 7.62. The average molecular weight is 676 g/mol. The molecule has 3 amide bonds. The van der Waals surface area contributed by atoms with Gasteiger partial charge in [0, 0.05) is 37.8 Å². The molecule has 2 aromatic carbocycles. The van der Waals surface area contributed by atoms with Crippen LogP contribution in [0.2, 0.25) is 5.02 Å². The Kier molecular flexibility index (Phi) is 12.3. The third kappa shape index (κ3) is 8.38. The smallest absolute Gasteiger partial charge is 0.291 e. The predicted octanol–water partition coefficient (Wildman–Crippen LogP) is 2.87. The van der Waals surface area contributed by atoms with Gasteiger partial charge < -0.3 is 30.2 Å². The zero-order valence-electron chi connectivity index (χ0n) is 25.5. The maximum absolute atomic E-state index is 14.8. The number of hydrogen-bond donors (Lipinski definition) is 5. The van der Waals surface area contributed by atoms with Crippen LogP contribution in [0.5, 0.6) is 5.75 Å².